The Morgan fingerprint density at radius 1 is 1.26 bits per heavy atom. The number of morpholine rings is 1. The fourth-order valence-electron chi connectivity index (χ4n) is 2.92. The third-order valence-electron chi connectivity index (χ3n) is 4.05. The predicted molar refractivity (Wildman–Crippen MR) is 88.1 cm³/mol. The van der Waals surface area contributed by atoms with Gasteiger partial charge in [0.05, 0.1) is 13.2 Å². The van der Waals surface area contributed by atoms with Crippen LogP contribution >= 0.6 is 0 Å². The Morgan fingerprint density at radius 2 is 2.13 bits per heavy atom. The summed E-state index contributed by atoms with van der Waals surface area (Å²) in [5.74, 6) is 1.90. The normalized spacial score (nSPS) is 19.0. The van der Waals surface area contributed by atoms with E-state index in [0.717, 1.165) is 49.9 Å². The Kier molecular flexibility index (Phi) is 5.19. The van der Waals surface area contributed by atoms with Crippen molar-refractivity contribution in [3.63, 3.8) is 0 Å². The van der Waals surface area contributed by atoms with Gasteiger partial charge in [-0.15, -0.1) is 0 Å². The molecule has 124 valence electrons. The number of hydrogen-bond acceptors (Lipinski definition) is 6. The lowest BCUT2D eigenvalue weighted by molar-refractivity contribution is -0.0357. The minimum atomic E-state index is -0.0607. The molecule has 7 heteroatoms. The number of imidazole rings is 1. The van der Waals surface area contributed by atoms with Crippen molar-refractivity contribution >= 4 is 5.82 Å². The van der Waals surface area contributed by atoms with Gasteiger partial charge in [-0.2, -0.15) is 0 Å². The molecule has 0 radical (unpaired) electrons. The zero-order valence-corrected chi connectivity index (χ0v) is 13.8. The van der Waals surface area contributed by atoms with Crippen molar-refractivity contribution < 1.29 is 4.74 Å². The molecule has 3 rings (SSSR count). The van der Waals surface area contributed by atoms with Gasteiger partial charge < -0.3 is 14.6 Å². The number of hydrogen-bond donors (Lipinski definition) is 1. The molecule has 0 bridgehead atoms. The molecule has 2 aromatic rings. The van der Waals surface area contributed by atoms with Crippen LogP contribution in [0.25, 0.3) is 0 Å². The first-order valence-electron chi connectivity index (χ1n) is 8.14. The van der Waals surface area contributed by atoms with Crippen LogP contribution in [0, 0.1) is 0 Å². The van der Waals surface area contributed by atoms with E-state index in [1.807, 2.05) is 13.2 Å². The summed E-state index contributed by atoms with van der Waals surface area (Å²) in [7, 11) is 1.86. The summed E-state index contributed by atoms with van der Waals surface area (Å²) >= 11 is 0. The second-order valence-corrected chi connectivity index (χ2v) is 5.67. The topological polar surface area (TPSA) is 68.1 Å². The third-order valence-corrected chi connectivity index (χ3v) is 4.05. The van der Waals surface area contributed by atoms with Gasteiger partial charge in [0.25, 0.3) is 0 Å². The van der Waals surface area contributed by atoms with E-state index in [0.29, 0.717) is 6.61 Å². The number of nitrogens with one attached hydrogen (secondary N) is 1. The largest absolute Gasteiger partial charge is 0.372 e. The number of aryl methyl sites for hydroxylation is 1. The summed E-state index contributed by atoms with van der Waals surface area (Å²) in [5, 5.41) is 3.09. The Bertz CT molecular complexity index is 629. The van der Waals surface area contributed by atoms with Gasteiger partial charge in [0.15, 0.2) is 0 Å². The van der Waals surface area contributed by atoms with E-state index >= 15 is 0 Å². The standard InChI is InChI=1S/C16H24N6O/c1-3-7-22-8-6-18-14(22)12-21-9-10-23-13(11-21)15-16(17-2)20-5-4-19-15/h4-6,8,13H,3,7,9-12H2,1-2H3,(H,17,20)/t13-/m1/s1. The monoisotopic (exact) mass is 316 g/mol. The van der Waals surface area contributed by atoms with Gasteiger partial charge in [0, 0.05) is 51.5 Å². The SMILES string of the molecule is CCCn1ccnc1CN1CCO[C@@H](c2nccnc2NC)C1. The molecule has 0 unspecified atom stereocenters. The van der Waals surface area contributed by atoms with E-state index in [1.165, 1.54) is 0 Å². The highest BCUT2D eigenvalue weighted by Gasteiger charge is 2.26. The molecule has 2 aromatic heterocycles. The van der Waals surface area contributed by atoms with Gasteiger partial charge in [-0.3, -0.25) is 9.88 Å². The van der Waals surface area contributed by atoms with Crippen LogP contribution in [0.3, 0.4) is 0 Å². The Morgan fingerprint density at radius 3 is 2.96 bits per heavy atom. The summed E-state index contributed by atoms with van der Waals surface area (Å²) in [6, 6.07) is 0. The van der Waals surface area contributed by atoms with E-state index in [9.17, 15) is 0 Å². The maximum absolute atomic E-state index is 5.92. The first-order valence-corrected chi connectivity index (χ1v) is 8.14. The van der Waals surface area contributed by atoms with Gasteiger partial charge in [-0.05, 0) is 6.42 Å². The summed E-state index contributed by atoms with van der Waals surface area (Å²) in [4.78, 5) is 15.6. The van der Waals surface area contributed by atoms with Gasteiger partial charge in [-0.25, -0.2) is 9.97 Å². The van der Waals surface area contributed by atoms with Crippen molar-refractivity contribution in [3.05, 3.63) is 36.3 Å². The van der Waals surface area contributed by atoms with Gasteiger partial charge in [-0.1, -0.05) is 6.92 Å². The molecular weight excluding hydrogens is 292 g/mol. The molecule has 7 nitrogen and oxygen atoms in total. The van der Waals surface area contributed by atoms with Crippen LogP contribution in [0.5, 0.6) is 0 Å². The average molecular weight is 316 g/mol. The Labute approximate surface area is 136 Å². The maximum Gasteiger partial charge on any atom is 0.150 e. The van der Waals surface area contributed by atoms with Crippen molar-refractivity contribution in [2.75, 3.05) is 32.1 Å². The summed E-state index contributed by atoms with van der Waals surface area (Å²) < 4.78 is 8.15. The molecule has 3 heterocycles. The Balaban J connectivity index is 1.69. The van der Waals surface area contributed by atoms with Gasteiger partial charge >= 0.3 is 0 Å². The zero-order valence-electron chi connectivity index (χ0n) is 13.8. The molecule has 23 heavy (non-hydrogen) atoms. The first kappa shape index (κ1) is 15.9. The van der Waals surface area contributed by atoms with Gasteiger partial charge in [0.1, 0.15) is 23.4 Å². The number of rotatable bonds is 6. The highest BCUT2D eigenvalue weighted by atomic mass is 16.5. The second kappa shape index (κ2) is 7.52. The summed E-state index contributed by atoms with van der Waals surface area (Å²) in [6.07, 6.45) is 8.39. The van der Waals surface area contributed by atoms with Crippen LogP contribution in [0.2, 0.25) is 0 Å². The van der Waals surface area contributed by atoms with Crippen molar-refractivity contribution in [1.29, 1.82) is 0 Å². The number of anilines is 1. The second-order valence-electron chi connectivity index (χ2n) is 5.67. The minimum Gasteiger partial charge on any atom is -0.372 e. The quantitative estimate of drug-likeness (QED) is 0.875. The maximum atomic E-state index is 5.92. The molecular formula is C16H24N6O. The number of aromatic nitrogens is 4. The molecule has 0 aromatic carbocycles. The van der Waals surface area contributed by atoms with E-state index in [4.69, 9.17) is 4.74 Å². The van der Waals surface area contributed by atoms with E-state index in [1.54, 1.807) is 12.4 Å². The lowest BCUT2D eigenvalue weighted by Crippen LogP contribution is -2.39. The summed E-state index contributed by atoms with van der Waals surface area (Å²) in [5.41, 5.74) is 0.872. The van der Waals surface area contributed by atoms with Crippen molar-refractivity contribution in [2.24, 2.45) is 0 Å². The lowest BCUT2D eigenvalue weighted by atomic mass is 10.2. The molecule has 1 saturated heterocycles. The van der Waals surface area contributed by atoms with E-state index in [-0.39, 0.29) is 6.10 Å². The molecule has 1 aliphatic rings. The average Bonchev–Trinajstić information content (AvgIpc) is 3.02. The minimum absolute atomic E-state index is 0.0607. The number of ether oxygens (including phenoxy) is 1. The fraction of sp³-hybridized carbons (Fsp3) is 0.562. The van der Waals surface area contributed by atoms with Crippen molar-refractivity contribution in [2.45, 2.75) is 32.5 Å². The van der Waals surface area contributed by atoms with Crippen LogP contribution in [0.1, 0.15) is 31.0 Å². The highest BCUT2D eigenvalue weighted by molar-refractivity contribution is 5.40. The molecule has 0 aliphatic carbocycles. The molecule has 0 saturated carbocycles. The molecule has 0 spiro atoms. The van der Waals surface area contributed by atoms with Gasteiger partial charge in [0.2, 0.25) is 0 Å². The van der Waals surface area contributed by atoms with Crippen LogP contribution in [-0.2, 0) is 17.8 Å². The molecule has 1 fully saturated rings. The van der Waals surface area contributed by atoms with E-state index in [2.05, 4.69) is 42.9 Å². The zero-order chi connectivity index (χ0) is 16.1. The van der Waals surface area contributed by atoms with Crippen molar-refractivity contribution in [1.82, 2.24) is 24.4 Å². The van der Waals surface area contributed by atoms with Crippen LogP contribution in [0.15, 0.2) is 24.8 Å². The molecule has 0 amide bonds. The fourth-order valence-corrected chi connectivity index (χ4v) is 2.92. The molecule has 1 aliphatic heterocycles. The van der Waals surface area contributed by atoms with Crippen molar-refractivity contribution in [3.8, 4) is 0 Å². The Hall–Kier alpha value is -1.99. The first-order chi connectivity index (χ1) is 11.3. The smallest absolute Gasteiger partial charge is 0.150 e. The highest BCUT2D eigenvalue weighted by Crippen LogP contribution is 2.25. The lowest BCUT2D eigenvalue weighted by Gasteiger charge is -2.32. The van der Waals surface area contributed by atoms with Crippen LogP contribution in [-0.4, -0.2) is 51.2 Å². The summed E-state index contributed by atoms with van der Waals surface area (Å²) in [6.45, 7) is 6.43. The van der Waals surface area contributed by atoms with Crippen LogP contribution < -0.4 is 5.32 Å². The predicted octanol–water partition coefficient (Wildman–Crippen LogP) is 1.70. The molecule has 1 atom stereocenters. The number of nitrogens with zero attached hydrogens (tertiary/aromatic N) is 5. The molecule has 1 N–H and O–H groups in total. The van der Waals surface area contributed by atoms with E-state index < -0.39 is 0 Å². The van der Waals surface area contributed by atoms with Crippen LogP contribution in [0.4, 0.5) is 5.82 Å². The third kappa shape index (κ3) is 3.68.